The molecule has 2 N–H and O–H groups in total. The van der Waals surface area contributed by atoms with Crippen molar-refractivity contribution in [1.29, 1.82) is 0 Å². The first-order chi connectivity index (χ1) is 16.3. The topological polar surface area (TPSA) is 128 Å². The van der Waals surface area contributed by atoms with E-state index in [-0.39, 0.29) is 23.0 Å². The van der Waals surface area contributed by atoms with Crippen molar-refractivity contribution in [3.8, 4) is 11.4 Å². The minimum absolute atomic E-state index is 0.0903. The predicted octanol–water partition coefficient (Wildman–Crippen LogP) is 3.31. The van der Waals surface area contributed by atoms with Crippen LogP contribution in [0.4, 0.5) is 11.4 Å². The van der Waals surface area contributed by atoms with Crippen molar-refractivity contribution in [3.63, 3.8) is 0 Å². The number of methoxy groups -OCH3 is 1. The summed E-state index contributed by atoms with van der Waals surface area (Å²) in [6.45, 7) is 0. The van der Waals surface area contributed by atoms with Gasteiger partial charge in [0.25, 0.3) is 10.0 Å². The second kappa shape index (κ2) is 9.89. The van der Waals surface area contributed by atoms with E-state index in [0.717, 1.165) is 11.3 Å². The minimum Gasteiger partial charge on any atom is -0.495 e. The van der Waals surface area contributed by atoms with Crippen LogP contribution in [0.25, 0.3) is 5.69 Å². The molecule has 4 aromatic rings. The summed E-state index contributed by atoms with van der Waals surface area (Å²) in [6, 6.07) is 17.8. The third kappa shape index (κ3) is 5.50. The number of anilines is 2. The third-order valence-corrected chi connectivity index (χ3v) is 6.40. The molecule has 0 spiro atoms. The van der Waals surface area contributed by atoms with Crippen molar-refractivity contribution in [2.75, 3.05) is 17.1 Å². The summed E-state index contributed by atoms with van der Waals surface area (Å²) >= 11 is 5.86. The first-order valence-corrected chi connectivity index (χ1v) is 11.8. The number of hydrogen-bond donors (Lipinski definition) is 2. The number of hydrogen-bond acceptors (Lipinski definition) is 7. The Bertz CT molecular complexity index is 1390. The van der Waals surface area contributed by atoms with Crippen LogP contribution in [0, 0.1) is 0 Å². The highest BCUT2D eigenvalue weighted by molar-refractivity contribution is 7.92. The maximum absolute atomic E-state index is 13.0. The Morgan fingerprint density at radius 2 is 1.74 bits per heavy atom. The number of tetrazole rings is 1. The summed E-state index contributed by atoms with van der Waals surface area (Å²) in [6.07, 6.45) is 1.56. The monoisotopic (exact) mass is 498 g/mol. The van der Waals surface area contributed by atoms with Gasteiger partial charge in [-0.25, -0.2) is 13.1 Å². The van der Waals surface area contributed by atoms with Crippen molar-refractivity contribution in [2.24, 2.45) is 0 Å². The minimum atomic E-state index is -4.00. The lowest BCUT2D eigenvalue weighted by Crippen LogP contribution is -2.17. The van der Waals surface area contributed by atoms with Crippen LogP contribution >= 0.6 is 11.6 Å². The predicted molar refractivity (Wildman–Crippen MR) is 127 cm³/mol. The fourth-order valence-electron chi connectivity index (χ4n) is 3.13. The molecule has 3 aromatic carbocycles. The number of benzene rings is 3. The van der Waals surface area contributed by atoms with Crippen molar-refractivity contribution < 1.29 is 17.9 Å². The van der Waals surface area contributed by atoms with E-state index in [0.29, 0.717) is 16.4 Å². The zero-order chi connectivity index (χ0) is 24.1. The largest absolute Gasteiger partial charge is 0.495 e. The molecule has 1 heterocycles. The van der Waals surface area contributed by atoms with Gasteiger partial charge < -0.3 is 10.1 Å². The molecule has 0 saturated carbocycles. The normalized spacial score (nSPS) is 11.1. The van der Waals surface area contributed by atoms with E-state index in [1.807, 2.05) is 0 Å². The lowest BCUT2D eigenvalue weighted by molar-refractivity contribution is -0.115. The van der Waals surface area contributed by atoms with E-state index in [1.54, 1.807) is 54.6 Å². The number of carbonyl (C=O) groups is 1. The number of amides is 1. The molecule has 34 heavy (non-hydrogen) atoms. The molecular formula is C22H19ClN6O4S. The summed E-state index contributed by atoms with van der Waals surface area (Å²) in [4.78, 5) is 12.5. The van der Waals surface area contributed by atoms with Gasteiger partial charge in [0.1, 0.15) is 17.0 Å². The van der Waals surface area contributed by atoms with Gasteiger partial charge in [0.2, 0.25) is 5.91 Å². The molecule has 0 saturated heterocycles. The van der Waals surface area contributed by atoms with Crippen LogP contribution in [0.3, 0.4) is 0 Å². The van der Waals surface area contributed by atoms with Gasteiger partial charge in [0, 0.05) is 16.4 Å². The molecule has 1 aromatic heterocycles. The quantitative estimate of drug-likeness (QED) is 0.381. The van der Waals surface area contributed by atoms with Crippen molar-refractivity contribution >= 4 is 38.9 Å². The molecule has 0 bridgehead atoms. The Balaban J connectivity index is 1.48. The molecule has 4 rings (SSSR count). The van der Waals surface area contributed by atoms with Crippen LogP contribution < -0.4 is 14.8 Å². The lowest BCUT2D eigenvalue weighted by Gasteiger charge is -2.14. The molecular weight excluding hydrogens is 480 g/mol. The smallest absolute Gasteiger partial charge is 0.265 e. The average molecular weight is 499 g/mol. The van der Waals surface area contributed by atoms with Crippen LogP contribution in [0.2, 0.25) is 5.02 Å². The second-order valence-corrected chi connectivity index (χ2v) is 9.21. The number of aromatic nitrogens is 4. The van der Waals surface area contributed by atoms with Crippen LogP contribution in [-0.4, -0.2) is 41.6 Å². The van der Waals surface area contributed by atoms with Crippen LogP contribution in [0.15, 0.2) is 78.0 Å². The van der Waals surface area contributed by atoms with E-state index in [4.69, 9.17) is 16.3 Å². The maximum atomic E-state index is 13.0. The Hall–Kier alpha value is -3.96. The lowest BCUT2D eigenvalue weighted by atomic mass is 10.1. The first kappa shape index (κ1) is 23.2. The van der Waals surface area contributed by atoms with Crippen LogP contribution in [0.1, 0.15) is 5.56 Å². The molecule has 0 fully saturated rings. The van der Waals surface area contributed by atoms with E-state index < -0.39 is 10.0 Å². The number of nitrogens with one attached hydrogen (secondary N) is 2. The van der Waals surface area contributed by atoms with Crippen LogP contribution in [0.5, 0.6) is 5.75 Å². The second-order valence-electron chi connectivity index (χ2n) is 7.12. The molecule has 0 aliphatic carbocycles. The zero-order valence-electron chi connectivity index (χ0n) is 17.8. The highest BCUT2D eigenvalue weighted by Crippen LogP contribution is 2.29. The van der Waals surface area contributed by atoms with Crippen LogP contribution in [-0.2, 0) is 21.2 Å². The molecule has 10 nitrogen and oxygen atoms in total. The van der Waals surface area contributed by atoms with E-state index in [2.05, 4.69) is 25.6 Å². The number of rotatable bonds is 8. The van der Waals surface area contributed by atoms with Gasteiger partial charge in [-0.3, -0.25) is 9.52 Å². The SMILES string of the molecule is COc1ccc(NC(=O)Cc2ccc(-n3cnnn3)cc2)cc1S(=O)(=O)Nc1ccc(Cl)cc1. The van der Waals surface area contributed by atoms with Gasteiger partial charge in [-0.15, -0.1) is 5.10 Å². The van der Waals surface area contributed by atoms with Crippen molar-refractivity contribution in [2.45, 2.75) is 11.3 Å². The number of ether oxygens (including phenoxy) is 1. The van der Waals surface area contributed by atoms with E-state index in [9.17, 15) is 13.2 Å². The Morgan fingerprint density at radius 3 is 2.38 bits per heavy atom. The molecule has 0 atom stereocenters. The summed E-state index contributed by atoms with van der Waals surface area (Å²) in [5.74, 6) is -0.174. The molecule has 174 valence electrons. The van der Waals surface area contributed by atoms with Crippen molar-refractivity contribution in [3.05, 3.63) is 83.6 Å². The molecule has 1 amide bonds. The summed E-state index contributed by atoms with van der Waals surface area (Å²) in [5, 5.41) is 14.2. The molecule has 0 unspecified atom stereocenters. The average Bonchev–Trinajstić information content (AvgIpc) is 3.36. The Kier molecular flexibility index (Phi) is 6.75. The Morgan fingerprint density at radius 1 is 1.03 bits per heavy atom. The third-order valence-electron chi connectivity index (χ3n) is 4.75. The van der Waals surface area contributed by atoms with Crippen molar-refractivity contribution in [1.82, 2.24) is 20.2 Å². The fourth-order valence-corrected chi connectivity index (χ4v) is 4.51. The number of halogens is 1. The highest BCUT2D eigenvalue weighted by atomic mass is 35.5. The molecule has 0 aliphatic rings. The molecule has 0 aliphatic heterocycles. The van der Waals surface area contributed by atoms with Gasteiger partial charge in [0.15, 0.2) is 0 Å². The number of nitrogens with zero attached hydrogens (tertiary/aromatic N) is 4. The van der Waals surface area contributed by atoms with Gasteiger partial charge >= 0.3 is 0 Å². The highest BCUT2D eigenvalue weighted by Gasteiger charge is 2.21. The Labute approximate surface area is 200 Å². The standard InChI is InChI=1S/C22H19ClN6O4S/c1-33-20-11-8-18(13-21(20)34(31,32)26-17-6-4-16(23)5-7-17)25-22(30)12-15-2-9-19(10-3-15)29-14-24-27-28-29/h2-11,13-14,26H,12H2,1H3,(H,25,30). The molecule has 12 heteroatoms. The van der Waals surface area contributed by atoms with E-state index in [1.165, 1.54) is 30.3 Å². The van der Waals surface area contributed by atoms with Gasteiger partial charge in [-0.1, -0.05) is 23.7 Å². The van der Waals surface area contributed by atoms with Gasteiger partial charge in [-0.05, 0) is 70.6 Å². The summed E-state index contributed by atoms with van der Waals surface area (Å²) in [7, 11) is -2.63. The fraction of sp³-hybridized carbons (Fsp3) is 0.0909. The van der Waals surface area contributed by atoms with Gasteiger partial charge in [-0.2, -0.15) is 0 Å². The molecule has 0 radical (unpaired) electrons. The summed E-state index contributed by atoms with van der Waals surface area (Å²) in [5.41, 5.74) is 2.17. The first-order valence-electron chi connectivity index (χ1n) is 9.92. The number of carbonyl (C=O) groups excluding carboxylic acids is 1. The van der Waals surface area contributed by atoms with Gasteiger partial charge in [0.05, 0.1) is 19.2 Å². The maximum Gasteiger partial charge on any atom is 0.265 e. The van der Waals surface area contributed by atoms with E-state index >= 15 is 0 Å². The number of sulfonamides is 1. The summed E-state index contributed by atoms with van der Waals surface area (Å²) < 4.78 is 35.1. The zero-order valence-corrected chi connectivity index (χ0v) is 19.4.